The van der Waals surface area contributed by atoms with Gasteiger partial charge in [0.15, 0.2) is 5.82 Å². The Bertz CT molecular complexity index is 812. The van der Waals surface area contributed by atoms with Crippen molar-refractivity contribution in [2.24, 2.45) is 7.05 Å². The number of rotatable bonds is 3. The highest BCUT2D eigenvalue weighted by Crippen LogP contribution is 2.22. The van der Waals surface area contributed by atoms with Crippen molar-refractivity contribution in [3.05, 3.63) is 30.9 Å². The third-order valence-corrected chi connectivity index (χ3v) is 4.12. The van der Waals surface area contributed by atoms with Crippen LogP contribution in [0.1, 0.15) is 0 Å². The van der Waals surface area contributed by atoms with Gasteiger partial charge in [-0.1, -0.05) is 0 Å². The Hall–Kier alpha value is -2.61. The van der Waals surface area contributed by atoms with E-state index in [9.17, 15) is 0 Å². The van der Waals surface area contributed by atoms with Crippen LogP contribution in [-0.2, 0) is 7.05 Å². The number of aromatic nitrogens is 5. The molecule has 0 aliphatic carbocycles. The zero-order valence-electron chi connectivity index (χ0n) is 13.3. The third-order valence-electron chi connectivity index (χ3n) is 4.12. The Morgan fingerprint density at radius 3 is 2.70 bits per heavy atom. The van der Waals surface area contributed by atoms with E-state index in [1.165, 1.54) is 0 Å². The van der Waals surface area contributed by atoms with Gasteiger partial charge in [0, 0.05) is 45.6 Å². The van der Waals surface area contributed by atoms with Crippen LogP contribution >= 0.6 is 0 Å². The zero-order chi connectivity index (χ0) is 15.8. The second-order valence-corrected chi connectivity index (χ2v) is 5.94. The van der Waals surface area contributed by atoms with Crippen molar-refractivity contribution in [2.75, 3.05) is 43.4 Å². The lowest BCUT2D eigenvalue weighted by atomic mass is 10.3. The summed E-state index contributed by atoms with van der Waals surface area (Å²) in [5.74, 6) is 2.30. The molecule has 1 aliphatic heterocycles. The summed E-state index contributed by atoms with van der Waals surface area (Å²) in [5.41, 5.74) is 0.938. The van der Waals surface area contributed by atoms with Crippen molar-refractivity contribution in [1.82, 2.24) is 29.0 Å². The minimum Gasteiger partial charge on any atom is -0.338 e. The van der Waals surface area contributed by atoms with E-state index < -0.39 is 0 Å². The van der Waals surface area contributed by atoms with Crippen molar-refractivity contribution < 1.29 is 0 Å². The standard InChI is InChI=1S/C15H20N8/c1-20-6-8-22(9-7-20)15-18-14(12-4-3-5-23(12)19-15)17-13-10-21(2)11-16-13/h3-5,10-11H,6-9H2,1-2H3,(H,17,18,19). The number of fused-ring (bicyclic) bond motifs is 1. The molecule has 4 rings (SSSR count). The largest absolute Gasteiger partial charge is 0.338 e. The van der Waals surface area contributed by atoms with Crippen LogP contribution in [0.4, 0.5) is 17.6 Å². The molecule has 8 nitrogen and oxygen atoms in total. The first-order valence-corrected chi connectivity index (χ1v) is 7.73. The van der Waals surface area contributed by atoms with Gasteiger partial charge >= 0.3 is 0 Å². The maximum Gasteiger partial charge on any atom is 0.245 e. The molecule has 0 bridgehead atoms. The molecule has 1 fully saturated rings. The van der Waals surface area contributed by atoms with Crippen molar-refractivity contribution in [2.45, 2.75) is 0 Å². The Balaban J connectivity index is 1.69. The van der Waals surface area contributed by atoms with E-state index in [1.807, 2.05) is 40.7 Å². The molecule has 8 heteroatoms. The Labute approximate surface area is 134 Å². The first-order valence-electron chi connectivity index (χ1n) is 7.73. The summed E-state index contributed by atoms with van der Waals surface area (Å²) in [5, 5.41) is 7.94. The van der Waals surface area contributed by atoms with Gasteiger partial charge in [0.25, 0.3) is 0 Å². The summed E-state index contributed by atoms with van der Waals surface area (Å²) in [7, 11) is 4.09. The maximum atomic E-state index is 4.74. The number of hydrogen-bond acceptors (Lipinski definition) is 6. The minimum absolute atomic E-state index is 0.750. The fourth-order valence-corrected chi connectivity index (χ4v) is 2.75. The predicted molar refractivity (Wildman–Crippen MR) is 89.2 cm³/mol. The lowest BCUT2D eigenvalue weighted by Crippen LogP contribution is -2.45. The van der Waals surface area contributed by atoms with Crippen LogP contribution in [-0.4, -0.2) is 62.3 Å². The van der Waals surface area contributed by atoms with Crippen molar-refractivity contribution in [1.29, 1.82) is 0 Å². The first kappa shape index (κ1) is 14.0. The van der Waals surface area contributed by atoms with E-state index in [2.05, 4.69) is 32.2 Å². The molecule has 3 aromatic rings. The van der Waals surface area contributed by atoms with Crippen LogP contribution in [0.5, 0.6) is 0 Å². The Morgan fingerprint density at radius 2 is 1.96 bits per heavy atom. The van der Waals surface area contributed by atoms with Gasteiger partial charge in [0.05, 0.1) is 6.33 Å². The summed E-state index contributed by atoms with van der Waals surface area (Å²) in [6.45, 7) is 3.92. The second-order valence-electron chi connectivity index (χ2n) is 5.94. The lowest BCUT2D eigenvalue weighted by molar-refractivity contribution is 0.310. The van der Waals surface area contributed by atoms with E-state index in [-0.39, 0.29) is 0 Å². The van der Waals surface area contributed by atoms with Crippen LogP contribution in [0.15, 0.2) is 30.9 Å². The Morgan fingerprint density at radius 1 is 1.13 bits per heavy atom. The minimum atomic E-state index is 0.750. The molecule has 120 valence electrons. The fourth-order valence-electron chi connectivity index (χ4n) is 2.75. The number of imidazole rings is 1. The van der Waals surface area contributed by atoms with Crippen LogP contribution in [0.2, 0.25) is 0 Å². The van der Waals surface area contributed by atoms with Crippen LogP contribution < -0.4 is 10.2 Å². The average molecular weight is 312 g/mol. The van der Waals surface area contributed by atoms with Gasteiger partial charge in [-0.05, 0) is 19.2 Å². The molecule has 1 N–H and O–H groups in total. The number of likely N-dealkylation sites (N-methyl/N-ethyl adjacent to an activating group) is 1. The molecule has 0 unspecified atom stereocenters. The molecular formula is C15H20N8. The van der Waals surface area contributed by atoms with Crippen LogP contribution in [0.25, 0.3) is 5.52 Å². The highest BCUT2D eigenvalue weighted by molar-refractivity contribution is 5.72. The predicted octanol–water partition coefficient (Wildman–Crippen LogP) is 0.958. The van der Waals surface area contributed by atoms with Gasteiger partial charge in [-0.15, -0.1) is 5.10 Å². The van der Waals surface area contributed by atoms with Gasteiger partial charge < -0.3 is 19.7 Å². The summed E-state index contributed by atoms with van der Waals surface area (Å²) < 4.78 is 3.77. The SMILES string of the molecule is CN1CCN(c2nc(Nc3cn(C)cn3)c3cccn3n2)CC1. The van der Waals surface area contributed by atoms with Gasteiger partial charge in [0.1, 0.15) is 11.3 Å². The summed E-state index contributed by atoms with van der Waals surface area (Å²) in [6, 6.07) is 3.97. The van der Waals surface area contributed by atoms with Gasteiger partial charge in [-0.2, -0.15) is 4.98 Å². The normalized spacial score (nSPS) is 16.2. The summed E-state index contributed by atoms with van der Waals surface area (Å²) >= 11 is 0. The van der Waals surface area contributed by atoms with E-state index in [1.54, 1.807) is 6.33 Å². The van der Waals surface area contributed by atoms with E-state index in [0.717, 1.165) is 49.3 Å². The van der Waals surface area contributed by atoms with Crippen LogP contribution in [0.3, 0.4) is 0 Å². The van der Waals surface area contributed by atoms with E-state index in [0.29, 0.717) is 0 Å². The smallest absolute Gasteiger partial charge is 0.245 e. The monoisotopic (exact) mass is 312 g/mol. The maximum absolute atomic E-state index is 4.74. The molecule has 1 aliphatic rings. The number of hydrogen-bond donors (Lipinski definition) is 1. The molecular weight excluding hydrogens is 292 g/mol. The Kier molecular flexibility index (Phi) is 3.38. The fraction of sp³-hybridized carbons (Fsp3) is 0.400. The third kappa shape index (κ3) is 2.72. The number of anilines is 3. The lowest BCUT2D eigenvalue weighted by Gasteiger charge is -2.32. The molecule has 4 heterocycles. The van der Waals surface area contributed by atoms with Gasteiger partial charge in [0.2, 0.25) is 5.95 Å². The number of nitrogens with zero attached hydrogens (tertiary/aromatic N) is 7. The molecule has 1 saturated heterocycles. The van der Waals surface area contributed by atoms with E-state index >= 15 is 0 Å². The van der Waals surface area contributed by atoms with Crippen molar-refractivity contribution >= 4 is 23.1 Å². The first-order chi connectivity index (χ1) is 11.2. The number of aryl methyl sites for hydroxylation is 1. The quantitative estimate of drug-likeness (QED) is 0.777. The highest BCUT2D eigenvalue weighted by Gasteiger charge is 2.18. The second kappa shape index (κ2) is 5.54. The number of piperazine rings is 1. The van der Waals surface area contributed by atoms with E-state index in [4.69, 9.17) is 4.98 Å². The van der Waals surface area contributed by atoms with Gasteiger partial charge in [-0.3, -0.25) is 0 Å². The molecule has 0 spiro atoms. The van der Waals surface area contributed by atoms with Crippen molar-refractivity contribution in [3.63, 3.8) is 0 Å². The molecule has 0 atom stereocenters. The molecule has 0 aromatic carbocycles. The van der Waals surface area contributed by atoms with Crippen molar-refractivity contribution in [3.8, 4) is 0 Å². The van der Waals surface area contributed by atoms with Gasteiger partial charge in [-0.25, -0.2) is 9.50 Å². The summed E-state index contributed by atoms with van der Waals surface area (Å²) in [6.07, 6.45) is 5.64. The molecule has 0 radical (unpaired) electrons. The van der Waals surface area contributed by atoms with Crippen LogP contribution in [0, 0.1) is 0 Å². The average Bonchev–Trinajstić information content (AvgIpc) is 3.17. The molecule has 0 saturated carbocycles. The topological polar surface area (TPSA) is 66.5 Å². The zero-order valence-corrected chi connectivity index (χ0v) is 13.3. The molecule has 0 amide bonds. The summed E-state index contributed by atoms with van der Waals surface area (Å²) in [4.78, 5) is 13.6. The molecule has 3 aromatic heterocycles. The highest BCUT2D eigenvalue weighted by atomic mass is 15.4. The molecule has 23 heavy (non-hydrogen) atoms. The number of nitrogens with one attached hydrogen (secondary N) is 1.